The second kappa shape index (κ2) is 6.13. The molecule has 21 heavy (non-hydrogen) atoms. The van der Waals surface area contributed by atoms with Gasteiger partial charge in [-0.05, 0) is 24.3 Å². The Kier molecular flexibility index (Phi) is 4.24. The van der Waals surface area contributed by atoms with Gasteiger partial charge in [0.1, 0.15) is 5.82 Å². The van der Waals surface area contributed by atoms with E-state index in [1.54, 1.807) is 6.07 Å². The zero-order valence-electron chi connectivity index (χ0n) is 10.6. The van der Waals surface area contributed by atoms with Gasteiger partial charge < -0.3 is 5.32 Å². The lowest BCUT2D eigenvalue weighted by Crippen LogP contribution is -1.90. The number of hydrogen-bond acceptors (Lipinski definition) is 3. The fourth-order valence-electron chi connectivity index (χ4n) is 1.82. The van der Waals surface area contributed by atoms with Gasteiger partial charge in [-0.2, -0.15) is 0 Å². The normalized spacial score (nSPS) is 10.6. The highest BCUT2D eigenvalue weighted by atomic mass is 79.9. The van der Waals surface area contributed by atoms with Crippen molar-refractivity contribution in [2.45, 2.75) is 0 Å². The first-order valence-corrected chi connectivity index (χ1v) is 8.11. The summed E-state index contributed by atoms with van der Waals surface area (Å²) in [6.07, 6.45) is 0. The van der Waals surface area contributed by atoms with Crippen molar-refractivity contribution in [3.63, 3.8) is 0 Å². The van der Waals surface area contributed by atoms with E-state index in [2.05, 4.69) is 26.2 Å². The molecular weight excluding hydrogens is 375 g/mol. The monoisotopic (exact) mass is 382 g/mol. The fourth-order valence-corrected chi connectivity index (χ4v) is 3.22. The highest BCUT2D eigenvalue weighted by Gasteiger charge is 2.08. The third-order valence-corrected chi connectivity index (χ3v) is 4.56. The van der Waals surface area contributed by atoms with Crippen molar-refractivity contribution >= 4 is 49.7 Å². The number of rotatable bonds is 3. The fraction of sp³-hybridized carbons (Fsp3) is 0. The largest absolute Gasteiger partial charge is 0.331 e. The lowest BCUT2D eigenvalue weighted by molar-refractivity contribution is 0.628. The van der Waals surface area contributed by atoms with Crippen molar-refractivity contribution in [2.24, 2.45) is 0 Å². The molecule has 0 aliphatic heterocycles. The first kappa shape index (κ1) is 14.5. The average molecular weight is 384 g/mol. The van der Waals surface area contributed by atoms with Crippen LogP contribution in [0, 0.1) is 5.82 Å². The van der Waals surface area contributed by atoms with E-state index in [1.807, 2.05) is 29.6 Å². The molecule has 0 aliphatic carbocycles. The number of nitrogens with zero attached hydrogens (tertiary/aromatic N) is 1. The van der Waals surface area contributed by atoms with Crippen LogP contribution < -0.4 is 5.32 Å². The zero-order valence-corrected chi connectivity index (χ0v) is 13.8. The first-order valence-electron chi connectivity index (χ1n) is 6.06. The number of halogens is 3. The Morgan fingerprint density at radius 1 is 1.19 bits per heavy atom. The summed E-state index contributed by atoms with van der Waals surface area (Å²) in [7, 11) is 0. The summed E-state index contributed by atoms with van der Waals surface area (Å²) < 4.78 is 14.1. The molecule has 0 saturated heterocycles. The highest BCUT2D eigenvalue weighted by molar-refractivity contribution is 9.10. The van der Waals surface area contributed by atoms with Crippen molar-refractivity contribution in [2.75, 3.05) is 5.32 Å². The van der Waals surface area contributed by atoms with E-state index < -0.39 is 5.82 Å². The van der Waals surface area contributed by atoms with Crippen molar-refractivity contribution < 1.29 is 4.39 Å². The number of aromatic nitrogens is 1. The molecule has 0 bridgehead atoms. The molecule has 6 heteroatoms. The Bertz CT molecular complexity index is 791. The molecule has 1 aromatic heterocycles. The third-order valence-electron chi connectivity index (χ3n) is 2.82. The molecule has 1 N–H and O–H groups in total. The van der Waals surface area contributed by atoms with Crippen LogP contribution >= 0.6 is 38.9 Å². The summed E-state index contributed by atoms with van der Waals surface area (Å²) in [5.41, 5.74) is 2.61. The standard InChI is InChI=1S/C15H9BrClFN2S/c16-11-4-2-1-3-10(11)14-8-21-15(20-14)19-9-5-6-13(18)12(17)7-9/h1-8H,(H,19,20). The van der Waals surface area contributed by atoms with Crippen molar-refractivity contribution in [1.82, 2.24) is 4.98 Å². The number of nitrogens with one attached hydrogen (secondary N) is 1. The van der Waals surface area contributed by atoms with E-state index in [-0.39, 0.29) is 5.02 Å². The van der Waals surface area contributed by atoms with Gasteiger partial charge in [0.05, 0.1) is 10.7 Å². The Labute approximate surface area is 138 Å². The van der Waals surface area contributed by atoms with Gasteiger partial charge in [-0.1, -0.05) is 45.7 Å². The van der Waals surface area contributed by atoms with Crippen molar-refractivity contribution in [3.8, 4) is 11.3 Å². The average Bonchev–Trinajstić information content (AvgIpc) is 2.92. The van der Waals surface area contributed by atoms with Crippen LogP contribution in [0.3, 0.4) is 0 Å². The number of anilines is 2. The van der Waals surface area contributed by atoms with Crippen molar-refractivity contribution in [1.29, 1.82) is 0 Å². The molecule has 0 fully saturated rings. The molecule has 1 heterocycles. The molecule has 0 aliphatic rings. The number of hydrogen-bond donors (Lipinski definition) is 1. The van der Waals surface area contributed by atoms with Crippen LogP contribution in [0.5, 0.6) is 0 Å². The molecule has 0 unspecified atom stereocenters. The summed E-state index contributed by atoms with van der Waals surface area (Å²) in [6.45, 7) is 0. The van der Waals surface area contributed by atoms with Gasteiger partial charge in [-0.25, -0.2) is 9.37 Å². The molecule has 0 spiro atoms. The van der Waals surface area contributed by atoms with Crippen LogP contribution in [0.15, 0.2) is 52.3 Å². The number of thiazole rings is 1. The summed E-state index contributed by atoms with van der Waals surface area (Å²) >= 11 is 10.8. The van der Waals surface area contributed by atoms with Gasteiger partial charge in [0.2, 0.25) is 0 Å². The molecule has 0 saturated carbocycles. The lowest BCUT2D eigenvalue weighted by Gasteiger charge is -2.03. The van der Waals surface area contributed by atoms with Crippen molar-refractivity contribution in [3.05, 3.63) is 63.2 Å². The van der Waals surface area contributed by atoms with Gasteiger partial charge in [-0.15, -0.1) is 11.3 Å². The van der Waals surface area contributed by atoms with Crippen LogP contribution in [-0.2, 0) is 0 Å². The zero-order chi connectivity index (χ0) is 14.8. The minimum atomic E-state index is -0.435. The van der Waals surface area contributed by atoms with Crippen LogP contribution in [0.2, 0.25) is 5.02 Å². The van der Waals surface area contributed by atoms with Gasteiger partial charge in [0.15, 0.2) is 5.13 Å². The van der Waals surface area contributed by atoms with Crippen LogP contribution in [0.25, 0.3) is 11.3 Å². The van der Waals surface area contributed by atoms with E-state index in [0.29, 0.717) is 5.69 Å². The molecule has 3 aromatic rings. The minimum absolute atomic E-state index is 0.0857. The topological polar surface area (TPSA) is 24.9 Å². The quantitative estimate of drug-likeness (QED) is 0.590. The second-order valence-corrected chi connectivity index (χ2v) is 6.39. The predicted octanol–water partition coefficient (Wildman–Crippen LogP) is 6.11. The Balaban J connectivity index is 1.85. The summed E-state index contributed by atoms with van der Waals surface area (Å²) in [6, 6.07) is 12.4. The predicted molar refractivity (Wildman–Crippen MR) is 89.9 cm³/mol. The van der Waals surface area contributed by atoms with Crippen LogP contribution in [0.1, 0.15) is 0 Å². The summed E-state index contributed by atoms with van der Waals surface area (Å²) in [5, 5.41) is 5.90. The molecule has 106 valence electrons. The van der Waals surface area contributed by atoms with Gasteiger partial charge in [-0.3, -0.25) is 0 Å². The Hall–Kier alpha value is -1.43. The van der Waals surface area contributed by atoms with Crippen LogP contribution in [0.4, 0.5) is 15.2 Å². The maximum atomic E-state index is 13.1. The molecule has 0 atom stereocenters. The molecule has 2 nitrogen and oxygen atoms in total. The minimum Gasteiger partial charge on any atom is -0.331 e. The van der Waals surface area contributed by atoms with Gasteiger partial charge in [0.25, 0.3) is 0 Å². The lowest BCUT2D eigenvalue weighted by atomic mass is 10.2. The Morgan fingerprint density at radius 2 is 2.00 bits per heavy atom. The molecule has 2 aromatic carbocycles. The molecule has 3 rings (SSSR count). The van der Waals surface area contributed by atoms with Gasteiger partial charge >= 0.3 is 0 Å². The van der Waals surface area contributed by atoms with E-state index in [4.69, 9.17) is 11.6 Å². The van der Waals surface area contributed by atoms with E-state index >= 15 is 0 Å². The highest BCUT2D eigenvalue weighted by Crippen LogP contribution is 2.32. The maximum Gasteiger partial charge on any atom is 0.187 e. The van der Waals surface area contributed by atoms with Gasteiger partial charge in [0, 0.05) is 21.1 Å². The summed E-state index contributed by atoms with van der Waals surface area (Å²) in [5.74, 6) is -0.435. The van der Waals surface area contributed by atoms with E-state index in [0.717, 1.165) is 20.9 Å². The summed E-state index contributed by atoms with van der Waals surface area (Å²) in [4.78, 5) is 4.53. The second-order valence-electron chi connectivity index (χ2n) is 4.27. The van der Waals surface area contributed by atoms with E-state index in [1.165, 1.54) is 23.5 Å². The smallest absolute Gasteiger partial charge is 0.187 e. The molecule has 0 radical (unpaired) electrons. The maximum absolute atomic E-state index is 13.1. The van der Waals surface area contributed by atoms with Crippen LogP contribution in [-0.4, -0.2) is 4.98 Å². The molecular formula is C15H9BrClFN2S. The Morgan fingerprint density at radius 3 is 2.76 bits per heavy atom. The first-order chi connectivity index (χ1) is 10.1. The third kappa shape index (κ3) is 3.26. The van der Waals surface area contributed by atoms with E-state index in [9.17, 15) is 4.39 Å². The molecule has 0 amide bonds. The SMILES string of the molecule is Fc1ccc(Nc2nc(-c3ccccc3Br)cs2)cc1Cl. The number of benzene rings is 2.